The molecule has 7 heteroatoms. The van der Waals surface area contributed by atoms with E-state index < -0.39 is 0 Å². The van der Waals surface area contributed by atoms with Crippen molar-refractivity contribution in [3.8, 4) is 0 Å². The highest BCUT2D eigenvalue weighted by Crippen LogP contribution is 2.34. The van der Waals surface area contributed by atoms with Crippen LogP contribution in [-0.2, 0) is 0 Å². The lowest BCUT2D eigenvalue weighted by atomic mass is 10.2. The number of hydrogen-bond acceptors (Lipinski definition) is 3. The minimum absolute atomic E-state index is 0.254. The number of fused-ring (bicyclic) bond motifs is 1. The predicted molar refractivity (Wildman–Crippen MR) is 69.2 cm³/mol. The summed E-state index contributed by atoms with van der Waals surface area (Å²) < 4.78 is 0. The summed E-state index contributed by atoms with van der Waals surface area (Å²) in [6, 6.07) is 3.57. The molecule has 92 valence electrons. The summed E-state index contributed by atoms with van der Waals surface area (Å²) in [5.74, 6) is 0. The second kappa shape index (κ2) is 4.12. The van der Waals surface area contributed by atoms with Crippen LogP contribution in [0.2, 0.25) is 0 Å². The molecule has 1 fully saturated rings. The number of H-pyrrole nitrogens is 2. The smallest absolute Gasteiger partial charge is 0.323 e. The maximum Gasteiger partial charge on any atom is 0.323 e. The SMILES string of the molecule is [N-]=[N+]=Nc1cc2[nH]c(=O)[nH]c2cc1N1CCCC1. The molecule has 3 rings (SSSR count). The zero-order chi connectivity index (χ0) is 12.5. The fourth-order valence-electron chi connectivity index (χ4n) is 2.40. The lowest BCUT2D eigenvalue weighted by molar-refractivity contribution is 0.949. The molecule has 0 atom stereocenters. The van der Waals surface area contributed by atoms with Crippen molar-refractivity contribution in [2.75, 3.05) is 18.0 Å². The Balaban J connectivity index is 2.22. The van der Waals surface area contributed by atoms with Gasteiger partial charge in [-0.15, -0.1) is 0 Å². The van der Waals surface area contributed by atoms with Gasteiger partial charge in [0.15, 0.2) is 0 Å². The van der Waals surface area contributed by atoms with Gasteiger partial charge in [-0.3, -0.25) is 0 Å². The van der Waals surface area contributed by atoms with Gasteiger partial charge in [-0.1, -0.05) is 5.11 Å². The van der Waals surface area contributed by atoms with Gasteiger partial charge >= 0.3 is 5.69 Å². The molecule has 1 saturated heterocycles. The van der Waals surface area contributed by atoms with E-state index >= 15 is 0 Å². The van der Waals surface area contributed by atoms with Crippen LogP contribution >= 0.6 is 0 Å². The highest BCUT2D eigenvalue weighted by atomic mass is 16.1. The van der Waals surface area contributed by atoms with Crippen molar-refractivity contribution >= 4 is 22.4 Å². The lowest BCUT2D eigenvalue weighted by Gasteiger charge is -2.19. The van der Waals surface area contributed by atoms with Gasteiger partial charge in [0.1, 0.15) is 0 Å². The number of azide groups is 1. The number of anilines is 1. The normalized spacial score (nSPS) is 15.0. The van der Waals surface area contributed by atoms with Crippen molar-refractivity contribution in [3.63, 3.8) is 0 Å². The minimum Gasteiger partial charge on any atom is -0.371 e. The van der Waals surface area contributed by atoms with E-state index in [1.165, 1.54) is 0 Å². The molecule has 1 aliphatic rings. The molecule has 0 saturated carbocycles. The number of hydrogen-bond donors (Lipinski definition) is 2. The van der Waals surface area contributed by atoms with E-state index in [4.69, 9.17) is 5.53 Å². The zero-order valence-electron chi connectivity index (χ0n) is 9.68. The van der Waals surface area contributed by atoms with E-state index in [0.717, 1.165) is 37.1 Å². The molecule has 0 radical (unpaired) electrons. The first-order valence-corrected chi connectivity index (χ1v) is 5.84. The van der Waals surface area contributed by atoms with E-state index in [9.17, 15) is 4.79 Å². The second-order valence-corrected chi connectivity index (χ2v) is 4.35. The van der Waals surface area contributed by atoms with Crippen molar-refractivity contribution in [2.45, 2.75) is 12.8 Å². The first-order chi connectivity index (χ1) is 8.78. The molecule has 1 aliphatic heterocycles. The average Bonchev–Trinajstić information content (AvgIpc) is 2.95. The van der Waals surface area contributed by atoms with E-state index in [-0.39, 0.29) is 5.69 Å². The first kappa shape index (κ1) is 10.7. The third-order valence-corrected chi connectivity index (χ3v) is 3.21. The Morgan fingerprint density at radius 3 is 2.56 bits per heavy atom. The van der Waals surface area contributed by atoms with Crippen LogP contribution in [0.5, 0.6) is 0 Å². The molecule has 0 spiro atoms. The number of imidazole rings is 1. The Labute approximate surface area is 102 Å². The summed E-state index contributed by atoms with van der Waals surface area (Å²) in [5.41, 5.74) is 11.2. The Hall–Kier alpha value is -2.40. The Morgan fingerprint density at radius 1 is 1.22 bits per heavy atom. The van der Waals surface area contributed by atoms with Crippen molar-refractivity contribution in [2.24, 2.45) is 5.11 Å². The predicted octanol–water partition coefficient (Wildman–Crippen LogP) is 2.40. The van der Waals surface area contributed by atoms with Crippen LogP contribution < -0.4 is 10.6 Å². The first-order valence-electron chi connectivity index (χ1n) is 5.84. The van der Waals surface area contributed by atoms with Crippen LogP contribution in [0.15, 0.2) is 22.0 Å². The number of rotatable bonds is 2. The molecule has 0 amide bonds. The minimum atomic E-state index is -0.254. The summed E-state index contributed by atoms with van der Waals surface area (Å²) in [4.78, 5) is 21.7. The number of nitrogens with zero attached hydrogens (tertiary/aromatic N) is 4. The van der Waals surface area contributed by atoms with Crippen LogP contribution in [0.25, 0.3) is 21.5 Å². The number of nitrogens with one attached hydrogen (secondary N) is 2. The number of aromatic nitrogens is 2. The molecule has 0 bridgehead atoms. The monoisotopic (exact) mass is 244 g/mol. The summed E-state index contributed by atoms with van der Waals surface area (Å²) in [7, 11) is 0. The Bertz CT molecular complexity index is 687. The van der Waals surface area contributed by atoms with Gasteiger partial charge in [-0.2, -0.15) is 0 Å². The molecule has 0 unspecified atom stereocenters. The lowest BCUT2D eigenvalue weighted by Crippen LogP contribution is -2.17. The molecular formula is C11H12N6O. The Kier molecular flexibility index (Phi) is 2.46. The van der Waals surface area contributed by atoms with Gasteiger partial charge in [0.25, 0.3) is 0 Å². The van der Waals surface area contributed by atoms with Crippen LogP contribution in [0.1, 0.15) is 12.8 Å². The molecule has 1 aromatic carbocycles. The fourth-order valence-corrected chi connectivity index (χ4v) is 2.40. The molecule has 2 heterocycles. The standard InChI is InChI=1S/C11H12N6O/c12-16-15-9-5-7-8(14-11(18)13-7)6-10(9)17-3-1-2-4-17/h5-6H,1-4H2,(H2,13,14,18). The van der Waals surface area contributed by atoms with E-state index in [1.54, 1.807) is 6.07 Å². The van der Waals surface area contributed by atoms with Crippen molar-refractivity contribution < 1.29 is 0 Å². The van der Waals surface area contributed by atoms with Crippen molar-refractivity contribution in [1.82, 2.24) is 9.97 Å². The van der Waals surface area contributed by atoms with Crippen LogP contribution in [0, 0.1) is 0 Å². The van der Waals surface area contributed by atoms with Gasteiger partial charge < -0.3 is 14.9 Å². The molecule has 2 aromatic rings. The van der Waals surface area contributed by atoms with E-state index in [0.29, 0.717) is 11.2 Å². The van der Waals surface area contributed by atoms with Crippen LogP contribution in [0.3, 0.4) is 0 Å². The van der Waals surface area contributed by atoms with Crippen molar-refractivity contribution in [3.05, 3.63) is 33.1 Å². The van der Waals surface area contributed by atoms with Gasteiger partial charge in [0.05, 0.1) is 16.7 Å². The topological polar surface area (TPSA) is 101 Å². The van der Waals surface area contributed by atoms with Gasteiger partial charge in [-0.05, 0) is 30.5 Å². The molecule has 1 aromatic heterocycles. The van der Waals surface area contributed by atoms with Crippen LogP contribution in [0.4, 0.5) is 11.4 Å². The molecule has 18 heavy (non-hydrogen) atoms. The summed E-state index contributed by atoms with van der Waals surface area (Å²) in [6.45, 7) is 1.90. The Morgan fingerprint density at radius 2 is 1.89 bits per heavy atom. The van der Waals surface area contributed by atoms with Gasteiger partial charge in [0.2, 0.25) is 0 Å². The summed E-state index contributed by atoms with van der Waals surface area (Å²) >= 11 is 0. The third kappa shape index (κ3) is 1.70. The van der Waals surface area contributed by atoms with Gasteiger partial charge in [0, 0.05) is 23.7 Å². The summed E-state index contributed by atoms with van der Waals surface area (Å²) in [6.07, 6.45) is 2.27. The third-order valence-electron chi connectivity index (χ3n) is 3.21. The maximum absolute atomic E-state index is 11.3. The number of benzene rings is 1. The molecule has 2 N–H and O–H groups in total. The van der Waals surface area contributed by atoms with E-state index in [1.807, 2.05) is 6.07 Å². The molecule has 0 aliphatic carbocycles. The summed E-state index contributed by atoms with van der Waals surface area (Å²) in [5, 5.41) is 3.71. The quantitative estimate of drug-likeness (QED) is 0.481. The largest absolute Gasteiger partial charge is 0.371 e. The van der Waals surface area contributed by atoms with Crippen LogP contribution in [-0.4, -0.2) is 23.1 Å². The van der Waals surface area contributed by atoms with Gasteiger partial charge in [-0.25, -0.2) is 4.79 Å². The maximum atomic E-state index is 11.3. The second-order valence-electron chi connectivity index (χ2n) is 4.35. The highest BCUT2D eigenvalue weighted by molar-refractivity contribution is 5.86. The fraction of sp³-hybridized carbons (Fsp3) is 0.364. The zero-order valence-corrected chi connectivity index (χ0v) is 9.68. The average molecular weight is 244 g/mol. The molecule has 7 nitrogen and oxygen atoms in total. The van der Waals surface area contributed by atoms with E-state index in [2.05, 4.69) is 24.9 Å². The van der Waals surface area contributed by atoms with Crippen molar-refractivity contribution in [1.29, 1.82) is 0 Å². The highest BCUT2D eigenvalue weighted by Gasteiger charge is 2.16. The number of aromatic amines is 2. The molecular weight excluding hydrogens is 232 g/mol.